The van der Waals surface area contributed by atoms with Crippen molar-refractivity contribution in [2.24, 2.45) is 5.92 Å². The zero-order valence-electron chi connectivity index (χ0n) is 15.8. The van der Waals surface area contributed by atoms with E-state index in [9.17, 15) is 23.2 Å². The van der Waals surface area contributed by atoms with E-state index >= 15 is 0 Å². The topological polar surface area (TPSA) is 79.0 Å². The predicted octanol–water partition coefficient (Wildman–Crippen LogP) is 2.31. The number of halogens is 2. The standard InChI is InChI=1S/C19H23F2N3O4/c1-12-7-9-23(10-8-12)15(25)11-24-16(26)19(2,22-18(24)27)13-3-5-14(6-4-13)28-17(20)21/h3-6,12,17H,7-11H2,1-2H3,(H,22,27)/t19-/m0/s1. The number of nitrogens with zero attached hydrogens (tertiary/aromatic N) is 2. The van der Waals surface area contributed by atoms with E-state index in [0.717, 1.165) is 17.7 Å². The van der Waals surface area contributed by atoms with Crippen LogP contribution in [0.3, 0.4) is 0 Å². The molecule has 9 heteroatoms. The van der Waals surface area contributed by atoms with Crippen LogP contribution in [0.4, 0.5) is 13.6 Å². The van der Waals surface area contributed by atoms with E-state index in [0.29, 0.717) is 24.6 Å². The third kappa shape index (κ3) is 3.93. The van der Waals surface area contributed by atoms with E-state index in [4.69, 9.17) is 0 Å². The number of ether oxygens (including phenoxy) is 1. The van der Waals surface area contributed by atoms with Crippen LogP contribution >= 0.6 is 0 Å². The number of rotatable bonds is 5. The molecule has 0 aliphatic carbocycles. The highest BCUT2D eigenvalue weighted by molar-refractivity contribution is 6.09. The molecule has 2 heterocycles. The van der Waals surface area contributed by atoms with Crippen LogP contribution in [0, 0.1) is 5.92 Å². The number of nitrogens with one attached hydrogen (secondary N) is 1. The van der Waals surface area contributed by atoms with Crippen molar-refractivity contribution in [3.8, 4) is 5.75 Å². The summed E-state index contributed by atoms with van der Waals surface area (Å²) in [5.41, 5.74) is -0.967. The molecule has 0 unspecified atom stereocenters. The van der Waals surface area contributed by atoms with Gasteiger partial charge in [0, 0.05) is 13.1 Å². The molecule has 0 radical (unpaired) electrons. The maximum atomic E-state index is 12.9. The number of hydrogen-bond acceptors (Lipinski definition) is 4. The molecular weight excluding hydrogens is 372 g/mol. The van der Waals surface area contributed by atoms with Crippen LogP contribution in [-0.2, 0) is 15.1 Å². The number of urea groups is 1. The lowest BCUT2D eigenvalue weighted by Gasteiger charge is -2.31. The summed E-state index contributed by atoms with van der Waals surface area (Å²) in [6.07, 6.45) is 1.80. The number of carbonyl (C=O) groups is 3. The van der Waals surface area contributed by atoms with Crippen LogP contribution in [0.1, 0.15) is 32.3 Å². The Kier molecular flexibility index (Phi) is 5.53. The van der Waals surface area contributed by atoms with Crippen molar-refractivity contribution in [3.05, 3.63) is 29.8 Å². The highest BCUT2D eigenvalue weighted by Crippen LogP contribution is 2.30. The van der Waals surface area contributed by atoms with Crippen molar-refractivity contribution in [2.75, 3.05) is 19.6 Å². The van der Waals surface area contributed by atoms with E-state index in [1.807, 2.05) is 0 Å². The van der Waals surface area contributed by atoms with Gasteiger partial charge < -0.3 is 15.0 Å². The second-order valence-corrected chi connectivity index (χ2v) is 7.41. The first-order valence-electron chi connectivity index (χ1n) is 9.18. The summed E-state index contributed by atoms with van der Waals surface area (Å²) < 4.78 is 28.9. The molecule has 4 amide bonds. The molecule has 1 N–H and O–H groups in total. The van der Waals surface area contributed by atoms with Crippen molar-refractivity contribution >= 4 is 17.8 Å². The molecule has 2 saturated heterocycles. The second-order valence-electron chi connectivity index (χ2n) is 7.41. The van der Waals surface area contributed by atoms with Gasteiger partial charge in [-0.05, 0) is 43.4 Å². The Balaban J connectivity index is 1.70. The molecule has 2 aliphatic heterocycles. The summed E-state index contributed by atoms with van der Waals surface area (Å²) in [4.78, 5) is 40.3. The van der Waals surface area contributed by atoms with E-state index in [1.165, 1.54) is 31.2 Å². The molecule has 1 aromatic carbocycles. The SMILES string of the molecule is CC1CCN(C(=O)CN2C(=O)N[C@@](C)(c3ccc(OC(F)F)cc3)C2=O)CC1. The first-order chi connectivity index (χ1) is 13.2. The lowest BCUT2D eigenvalue weighted by atomic mass is 9.92. The number of hydrogen-bond donors (Lipinski definition) is 1. The molecule has 0 spiro atoms. The van der Waals surface area contributed by atoms with Gasteiger partial charge in [0.1, 0.15) is 17.8 Å². The maximum absolute atomic E-state index is 12.9. The van der Waals surface area contributed by atoms with Gasteiger partial charge in [-0.2, -0.15) is 8.78 Å². The van der Waals surface area contributed by atoms with Crippen molar-refractivity contribution in [1.82, 2.24) is 15.1 Å². The van der Waals surface area contributed by atoms with Crippen molar-refractivity contribution < 1.29 is 27.9 Å². The summed E-state index contributed by atoms with van der Waals surface area (Å²) in [6.45, 7) is 1.61. The number of benzene rings is 1. The molecule has 2 fully saturated rings. The summed E-state index contributed by atoms with van der Waals surface area (Å²) in [6, 6.07) is 4.82. The van der Waals surface area contributed by atoms with Crippen LogP contribution < -0.4 is 10.1 Å². The van der Waals surface area contributed by atoms with Gasteiger partial charge >= 0.3 is 12.6 Å². The van der Waals surface area contributed by atoms with Crippen LogP contribution in [0.2, 0.25) is 0 Å². The Bertz CT molecular complexity index is 763. The summed E-state index contributed by atoms with van der Waals surface area (Å²) in [7, 11) is 0. The highest BCUT2D eigenvalue weighted by Gasteiger charge is 2.49. The third-order valence-corrected chi connectivity index (χ3v) is 5.36. The van der Waals surface area contributed by atoms with Crippen LogP contribution in [0.25, 0.3) is 0 Å². The zero-order valence-corrected chi connectivity index (χ0v) is 15.8. The molecule has 1 atom stereocenters. The van der Waals surface area contributed by atoms with Crippen molar-refractivity contribution in [2.45, 2.75) is 38.8 Å². The Morgan fingerprint density at radius 3 is 2.43 bits per heavy atom. The van der Waals surface area contributed by atoms with Gasteiger partial charge in [-0.3, -0.25) is 14.5 Å². The van der Waals surface area contributed by atoms with Gasteiger partial charge in [0.25, 0.3) is 5.91 Å². The molecule has 0 bridgehead atoms. The fourth-order valence-corrected chi connectivity index (χ4v) is 3.50. The zero-order chi connectivity index (χ0) is 20.5. The van der Waals surface area contributed by atoms with Crippen LogP contribution in [0.5, 0.6) is 5.75 Å². The minimum Gasteiger partial charge on any atom is -0.435 e. The number of piperidine rings is 1. The monoisotopic (exact) mass is 395 g/mol. The van der Waals surface area contributed by atoms with Gasteiger partial charge in [0.15, 0.2) is 0 Å². The Labute approximate surface area is 161 Å². The quantitative estimate of drug-likeness (QED) is 0.776. The van der Waals surface area contributed by atoms with Gasteiger partial charge in [-0.15, -0.1) is 0 Å². The maximum Gasteiger partial charge on any atom is 0.387 e. The number of amides is 4. The Morgan fingerprint density at radius 2 is 1.86 bits per heavy atom. The van der Waals surface area contributed by atoms with Gasteiger partial charge in [-0.25, -0.2) is 4.79 Å². The first-order valence-corrected chi connectivity index (χ1v) is 9.18. The summed E-state index contributed by atoms with van der Waals surface area (Å²) in [5, 5.41) is 2.60. The molecular formula is C19H23F2N3O4. The normalized spacial score (nSPS) is 23.3. The van der Waals surface area contributed by atoms with Crippen LogP contribution in [-0.4, -0.2) is 53.9 Å². The lowest BCUT2D eigenvalue weighted by molar-refractivity contribution is -0.139. The third-order valence-electron chi connectivity index (χ3n) is 5.36. The fourth-order valence-electron chi connectivity index (χ4n) is 3.50. The number of imide groups is 1. The number of carbonyl (C=O) groups excluding carboxylic acids is 3. The minimum atomic E-state index is -2.95. The molecule has 2 aliphatic rings. The second kappa shape index (κ2) is 7.73. The van der Waals surface area contributed by atoms with E-state index in [1.54, 1.807) is 4.90 Å². The van der Waals surface area contributed by atoms with Crippen molar-refractivity contribution in [1.29, 1.82) is 0 Å². The van der Waals surface area contributed by atoms with Gasteiger partial charge in [-0.1, -0.05) is 19.1 Å². The average Bonchev–Trinajstić information content (AvgIpc) is 2.86. The Hall–Kier alpha value is -2.71. The van der Waals surface area contributed by atoms with E-state index < -0.39 is 24.1 Å². The fraction of sp³-hybridized carbons (Fsp3) is 0.526. The summed E-state index contributed by atoms with van der Waals surface area (Å²) in [5.74, 6) is -0.314. The first kappa shape index (κ1) is 20.0. The predicted molar refractivity (Wildman–Crippen MR) is 95.6 cm³/mol. The van der Waals surface area contributed by atoms with E-state index in [-0.39, 0.29) is 18.2 Å². The molecule has 28 heavy (non-hydrogen) atoms. The number of alkyl halides is 2. The molecule has 1 aromatic rings. The molecule has 7 nitrogen and oxygen atoms in total. The molecule has 3 rings (SSSR count). The smallest absolute Gasteiger partial charge is 0.387 e. The number of likely N-dealkylation sites (tertiary alicyclic amines) is 1. The molecule has 0 saturated carbocycles. The molecule has 0 aromatic heterocycles. The summed E-state index contributed by atoms with van der Waals surface area (Å²) >= 11 is 0. The van der Waals surface area contributed by atoms with E-state index in [2.05, 4.69) is 17.0 Å². The lowest BCUT2D eigenvalue weighted by Crippen LogP contribution is -2.46. The highest BCUT2D eigenvalue weighted by atomic mass is 19.3. The van der Waals surface area contributed by atoms with Gasteiger partial charge in [0.2, 0.25) is 5.91 Å². The Morgan fingerprint density at radius 1 is 1.25 bits per heavy atom. The molecule has 152 valence electrons. The van der Waals surface area contributed by atoms with Gasteiger partial charge in [0.05, 0.1) is 0 Å². The van der Waals surface area contributed by atoms with Crippen molar-refractivity contribution in [3.63, 3.8) is 0 Å². The van der Waals surface area contributed by atoms with Crippen LogP contribution in [0.15, 0.2) is 24.3 Å². The average molecular weight is 395 g/mol. The largest absolute Gasteiger partial charge is 0.435 e. The minimum absolute atomic E-state index is 0.0505.